The Bertz CT molecular complexity index is 796. The van der Waals surface area contributed by atoms with Gasteiger partial charge < -0.3 is 10.2 Å². The molecule has 0 heterocycles. The van der Waals surface area contributed by atoms with Gasteiger partial charge in [-0.2, -0.15) is 0 Å². The fourth-order valence-electron chi connectivity index (χ4n) is 1.90. The Morgan fingerprint density at radius 1 is 0.500 bits per heavy atom. The Balaban J connectivity index is -0.000000377. The normalized spacial score (nSPS) is 7.87. The molecule has 0 unspecified atom stereocenters. The number of hydrogen-bond acceptors (Lipinski definition) is 2. The number of fused-ring (bicyclic) bond motifs is 1. The molecule has 0 fully saturated rings. The van der Waals surface area contributed by atoms with Crippen molar-refractivity contribution in [3.8, 4) is 0 Å². The van der Waals surface area contributed by atoms with Gasteiger partial charge in [0.1, 0.15) is 0 Å². The Kier molecular flexibility index (Phi) is 23.3. The second-order valence-electron chi connectivity index (χ2n) is 4.54. The van der Waals surface area contributed by atoms with E-state index in [1.54, 1.807) is 42.5 Å². The zero-order valence-corrected chi connectivity index (χ0v) is 19.6. The standard InChI is InChI=1S/C11H8O2.C7H6O2.4C2H6/c12-11(13)10-6-5-8-3-1-2-4-9(8)7-10;8-7(9)6-4-2-1-3-5-6;4*1-2/h1-7H,(H,12,13);1-5H,(H,8,9);4*1-2H3. The van der Waals surface area contributed by atoms with Crippen LogP contribution in [0.5, 0.6) is 0 Å². The number of aromatic carboxylic acids is 2. The molecule has 4 heteroatoms. The van der Waals surface area contributed by atoms with E-state index < -0.39 is 11.9 Å². The van der Waals surface area contributed by atoms with Gasteiger partial charge >= 0.3 is 11.9 Å². The fraction of sp³-hybridized carbons (Fsp3) is 0.308. The highest BCUT2D eigenvalue weighted by molar-refractivity contribution is 5.94. The number of carbonyl (C=O) groups is 2. The Labute approximate surface area is 182 Å². The molecule has 0 aliphatic heterocycles. The first-order chi connectivity index (χ1) is 14.6. The summed E-state index contributed by atoms with van der Waals surface area (Å²) in [5, 5.41) is 19.2. The summed E-state index contributed by atoms with van der Waals surface area (Å²) < 4.78 is 0. The van der Waals surface area contributed by atoms with Crippen LogP contribution in [-0.2, 0) is 0 Å². The van der Waals surface area contributed by atoms with E-state index in [4.69, 9.17) is 10.2 Å². The summed E-state index contributed by atoms with van der Waals surface area (Å²) in [5.74, 6) is -1.76. The van der Waals surface area contributed by atoms with Gasteiger partial charge in [0, 0.05) is 0 Å². The van der Waals surface area contributed by atoms with E-state index >= 15 is 0 Å². The first-order valence-electron chi connectivity index (χ1n) is 10.6. The summed E-state index contributed by atoms with van der Waals surface area (Å²) in [6, 6.07) is 21.1. The average Bonchev–Trinajstić information content (AvgIpc) is 2.85. The molecular weight excluding hydrogens is 376 g/mol. The van der Waals surface area contributed by atoms with Crippen molar-refractivity contribution in [2.24, 2.45) is 0 Å². The molecule has 0 aliphatic carbocycles. The summed E-state index contributed by atoms with van der Waals surface area (Å²) in [5.41, 5.74) is 0.663. The highest BCUT2D eigenvalue weighted by Crippen LogP contribution is 2.15. The SMILES string of the molecule is CC.CC.CC.CC.O=C(O)c1ccc2ccccc2c1.O=C(O)c1ccccc1. The van der Waals surface area contributed by atoms with Crippen molar-refractivity contribution >= 4 is 22.7 Å². The van der Waals surface area contributed by atoms with Crippen LogP contribution < -0.4 is 0 Å². The van der Waals surface area contributed by atoms with Crippen molar-refractivity contribution in [1.82, 2.24) is 0 Å². The number of rotatable bonds is 2. The maximum absolute atomic E-state index is 10.6. The summed E-state index contributed by atoms with van der Waals surface area (Å²) in [4.78, 5) is 20.8. The zero-order chi connectivity index (χ0) is 23.9. The lowest BCUT2D eigenvalue weighted by Gasteiger charge is -1.98. The molecule has 0 spiro atoms. The topological polar surface area (TPSA) is 74.6 Å². The lowest BCUT2D eigenvalue weighted by molar-refractivity contribution is 0.0686. The highest BCUT2D eigenvalue weighted by Gasteiger charge is 2.01. The fourth-order valence-corrected chi connectivity index (χ4v) is 1.90. The van der Waals surface area contributed by atoms with Gasteiger partial charge in [-0.3, -0.25) is 0 Å². The maximum Gasteiger partial charge on any atom is 0.335 e. The van der Waals surface area contributed by atoms with E-state index in [2.05, 4.69) is 0 Å². The van der Waals surface area contributed by atoms with E-state index in [9.17, 15) is 9.59 Å². The number of benzene rings is 3. The Morgan fingerprint density at radius 3 is 1.30 bits per heavy atom. The summed E-state index contributed by atoms with van der Waals surface area (Å²) in [7, 11) is 0. The molecule has 3 rings (SSSR count). The second-order valence-corrected chi connectivity index (χ2v) is 4.54. The molecule has 4 nitrogen and oxygen atoms in total. The van der Waals surface area contributed by atoms with Crippen LogP contribution in [0.15, 0.2) is 72.8 Å². The summed E-state index contributed by atoms with van der Waals surface area (Å²) >= 11 is 0. The molecule has 166 valence electrons. The van der Waals surface area contributed by atoms with Crippen LogP contribution in [0.2, 0.25) is 0 Å². The molecule has 0 bridgehead atoms. The molecule has 30 heavy (non-hydrogen) atoms. The lowest BCUT2D eigenvalue weighted by atomic mass is 10.1. The smallest absolute Gasteiger partial charge is 0.335 e. The molecule has 0 aliphatic rings. The predicted molar refractivity (Wildman–Crippen MR) is 130 cm³/mol. The van der Waals surface area contributed by atoms with Crippen molar-refractivity contribution < 1.29 is 19.8 Å². The van der Waals surface area contributed by atoms with E-state index in [0.29, 0.717) is 11.1 Å². The van der Waals surface area contributed by atoms with Gasteiger partial charge in [0.05, 0.1) is 11.1 Å². The van der Waals surface area contributed by atoms with Crippen molar-refractivity contribution in [2.75, 3.05) is 0 Å². The molecule has 0 amide bonds. The van der Waals surface area contributed by atoms with Crippen molar-refractivity contribution in [3.05, 3.63) is 83.9 Å². The van der Waals surface area contributed by atoms with Crippen LogP contribution >= 0.6 is 0 Å². The van der Waals surface area contributed by atoms with Crippen LogP contribution in [-0.4, -0.2) is 22.2 Å². The molecule has 0 atom stereocenters. The number of hydrogen-bond donors (Lipinski definition) is 2. The third kappa shape index (κ3) is 13.1. The zero-order valence-electron chi connectivity index (χ0n) is 19.6. The molecule has 0 radical (unpaired) electrons. The van der Waals surface area contributed by atoms with Crippen LogP contribution in [0.25, 0.3) is 10.8 Å². The van der Waals surface area contributed by atoms with Crippen molar-refractivity contribution in [2.45, 2.75) is 55.4 Å². The largest absolute Gasteiger partial charge is 0.478 e. The quantitative estimate of drug-likeness (QED) is 0.445. The Morgan fingerprint density at radius 2 is 0.900 bits per heavy atom. The molecule has 3 aromatic carbocycles. The van der Waals surface area contributed by atoms with Gasteiger partial charge in [-0.1, -0.05) is 104 Å². The van der Waals surface area contributed by atoms with Crippen LogP contribution in [0.3, 0.4) is 0 Å². The molecule has 3 aromatic rings. The minimum atomic E-state index is -0.884. The van der Waals surface area contributed by atoms with Gasteiger partial charge in [-0.15, -0.1) is 0 Å². The van der Waals surface area contributed by atoms with Gasteiger partial charge in [-0.05, 0) is 35.0 Å². The lowest BCUT2D eigenvalue weighted by Crippen LogP contribution is -1.94. The highest BCUT2D eigenvalue weighted by atomic mass is 16.4. The maximum atomic E-state index is 10.6. The molecule has 0 saturated heterocycles. The van der Waals surface area contributed by atoms with Gasteiger partial charge in [-0.25, -0.2) is 9.59 Å². The first kappa shape index (κ1) is 31.6. The van der Waals surface area contributed by atoms with Crippen molar-refractivity contribution in [3.63, 3.8) is 0 Å². The molecule has 0 aromatic heterocycles. The minimum Gasteiger partial charge on any atom is -0.478 e. The van der Waals surface area contributed by atoms with Gasteiger partial charge in [0.25, 0.3) is 0 Å². The summed E-state index contributed by atoms with van der Waals surface area (Å²) in [6.45, 7) is 16.0. The molecular formula is C26H38O4. The average molecular weight is 415 g/mol. The van der Waals surface area contributed by atoms with Gasteiger partial charge in [0.15, 0.2) is 0 Å². The van der Waals surface area contributed by atoms with Crippen LogP contribution in [0.1, 0.15) is 76.1 Å². The number of carboxylic acids is 2. The first-order valence-corrected chi connectivity index (χ1v) is 10.6. The molecule has 2 N–H and O–H groups in total. The van der Waals surface area contributed by atoms with Crippen LogP contribution in [0, 0.1) is 0 Å². The molecule has 0 saturated carbocycles. The third-order valence-corrected chi connectivity index (χ3v) is 3.02. The van der Waals surface area contributed by atoms with E-state index in [1.165, 1.54) is 0 Å². The Hall–Kier alpha value is -3.14. The minimum absolute atomic E-state index is 0.331. The monoisotopic (exact) mass is 414 g/mol. The number of carboxylic acid groups (broad SMARTS) is 2. The van der Waals surface area contributed by atoms with E-state index in [1.807, 2.05) is 85.7 Å². The predicted octanol–water partition coefficient (Wildman–Crippen LogP) is 8.03. The van der Waals surface area contributed by atoms with Crippen molar-refractivity contribution in [1.29, 1.82) is 0 Å². The van der Waals surface area contributed by atoms with E-state index in [-0.39, 0.29) is 0 Å². The van der Waals surface area contributed by atoms with Gasteiger partial charge in [0.2, 0.25) is 0 Å². The van der Waals surface area contributed by atoms with Crippen LogP contribution in [0.4, 0.5) is 0 Å². The third-order valence-electron chi connectivity index (χ3n) is 3.02. The van der Waals surface area contributed by atoms with E-state index in [0.717, 1.165) is 10.8 Å². The second kappa shape index (κ2) is 22.2. The summed E-state index contributed by atoms with van der Waals surface area (Å²) in [6.07, 6.45) is 0.